The number of rotatable bonds is 8. The highest BCUT2D eigenvalue weighted by molar-refractivity contribution is 6.30. The maximum Gasteiger partial charge on any atom is 0.240 e. The molecule has 1 aliphatic rings. The van der Waals surface area contributed by atoms with Gasteiger partial charge in [0.1, 0.15) is 11.9 Å². The Labute approximate surface area is 248 Å². The van der Waals surface area contributed by atoms with Gasteiger partial charge in [-0.05, 0) is 46.5 Å². The summed E-state index contributed by atoms with van der Waals surface area (Å²) in [6.45, 7) is 0.700. The number of aliphatic hydroxyl groups is 1. The number of benzene rings is 4. The Hall–Kier alpha value is -4.30. The minimum absolute atomic E-state index is 0.310. The number of aromatic amines is 1. The molecule has 3 atom stereocenters. The van der Waals surface area contributed by atoms with Crippen molar-refractivity contribution in [3.05, 3.63) is 148 Å². The van der Waals surface area contributed by atoms with Crippen LogP contribution in [0.4, 0.5) is 4.39 Å². The molecule has 0 unspecified atom stereocenters. The van der Waals surface area contributed by atoms with Gasteiger partial charge >= 0.3 is 0 Å². The maximum atomic E-state index is 14.2. The van der Waals surface area contributed by atoms with Gasteiger partial charge in [-0.25, -0.2) is 4.39 Å². The summed E-state index contributed by atoms with van der Waals surface area (Å²) in [4.78, 5) is 16.1. The molecule has 0 saturated carbocycles. The molecule has 6 nitrogen and oxygen atoms in total. The highest BCUT2D eigenvalue weighted by Crippen LogP contribution is 2.36. The van der Waals surface area contributed by atoms with Crippen molar-refractivity contribution in [3.63, 3.8) is 0 Å². The third-order valence-corrected chi connectivity index (χ3v) is 8.13. The molecular formula is C34H30ClFN4O2. The minimum Gasteiger partial charge on any atom is -0.390 e. The quantitative estimate of drug-likeness (QED) is 0.207. The van der Waals surface area contributed by atoms with Gasteiger partial charge in [0.25, 0.3) is 0 Å². The third kappa shape index (κ3) is 5.85. The van der Waals surface area contributed by atoms with Gasteiger partial charge in [0.05, 0.1) is 24.0 Å². The van der Waals surface area contributed by atoms with Crippen LogP contribution in [0.1, 0.15) is 34.2 Å². The van der Waals surface area contributed by atoms with Crippen molar-refractivity contribution in [2.75, 3.05) is 6.54 Å². The predicted molar refractivity (Wildman–Crippen MR) is 161 cm³/mol. The van der Waals surface area contributed by atoms with Crippen LogP contribution in [0.3, 0.4) is 0 Å². The van der Waals surface area contributed by atoms with E-state index in [1.165, 1.54) is 12.1 Å². The molecule has 1 saturated heterocycles. The molecule has 42 heavy (non-hydrogen) atoms. The number of halogens is 2. The highest BCUT2D eigenvalue weighted by atomic mass is 35.5. The van der Waals surface area contributed by atoms with Gasteiger partial charge in [0, 0.05) is 29.6 Å². The van der Waals surface area contributed by atoms with E-state index in [2.05, 4.69) is 15.5 Å². The van der Waals surface area contributed by atoms with Gasteiger partial charge < -0.3 is 10.4 Å². The fourth-order valence-electron chi connectivity index (χ4n) is 5.83. The Balaban J connectivity index is 1.34. The van der Waals surface area contributed by atoms with Crippen LogP contribution in [-0.2, 0) is 11.3 Å². The molecule has 8 heteroatoms. The number of H-pyrrole nitrogens is 1. The molecule has 1 fully saturated rings. The molecular weight excluding hydrogens is 551 g/mol. The molecule has 0 radical (unpaired) electrons. The van der Waals surface area contributed by atoms with E-state index in [1.807, 2.05) is 89.8 Å². The Morgan fingerprint density at radius 1 is 0.976 bits per heavy atom. The molecule has 6 rings (SSSR count). The molecule has 0 aliphatic carbocycles. The summed E-state index contributed by atoms with van der Waals surface area (Å²) in [5.74, 6) is -1.16. The first-order valence-corrected chi connectivity index (χ1v) is 14.2. The monoisotopic (exact) mass is 580 g/mol. The summed E-state index contributed by atoms with van der Waals surface area (Å²) < 4.78 is 14.2. The van der Waals surface area contributed by atoms with Crippen LogP contribution >= 0.6 is 11.6 Å². The molecule has 0 bridgehead atoms. The fraction of sp³-hybridized carbons (Fsp3) is 0.176. The predicted octanol–water partition coefficient (Wildman–Crippen LogP) is 6.10. The van der Waals surface area contributed by atoms with Crippen molar-refractivity contribution in [1.82, 2.24) is 20.4 Å². The van der Waals surface area contributed by atoms with E-state index in [-0.39, 0.29) is 11.7 Å². The fourth-order valence-corrected chi connectivity index (χ4v) is 5.95. The summed E-state index contributed by atoms with van der Waals surface area (Å²) >= 11 is 6.10. The van der Waals surface area contributed by atoms with Crippen molar-refractivity contribution in [2.45, 2.75) is 30.7 Å². The van der Waals surface area contributed by atoms with E-state index in [0.717, 1.165) is 27.9 Å². The van der Waals surface area contributed by atoms with Crippen molar-refractivity contribution in [1.29, 1.82) is 0 Å². The maximum absolute atomic E-state index is 14.2. The van der Waals surface area contributed by atoms with Crippen LogP contribution in [0.25, 0.3) is 11.3 Å². The Morgan fingerprint density at radius 3 is 2.29 bits per heavy atom. The van der Waals surface area contributed by atoms with Crippen LogP contribution in [0.5, 0.6) is 0 Å². The molecule has 0 spiro atoms. The first-order valence-electron chi connectivity index (χ1n) is 13.8. The van der Waals surface area contributed by atoms with Crippen molar-refractivity contribution < 1.29 is 14.3 Å². The standard InChI is InChI=1S/C34H30ClFN4O2/c35-27-16-14-24(15-17-27)31-26(19-37-39-31)20-40-21-29(25-12-7-13-28(36)18-25)33(41)32(40)34(42)38-30(22-8-3-1-4-9-22)23-10-5-2-6-11-23/h1-19,29-30,32-33,41H,20-21H2,(H,37,39)(H,38,42)/t29-,32+,33-/m1/s1. The van der Waals surface area contributed by atoms with E-state index in [4.69, 9.17) is 11.6 Å². The summed E-state index contributed by atoms with van der Waals surface area (Å²) in [6.07, 6.45) is 0.669. The Kier molecular flexibility index (Phi) is 8.15. The van der Waals surface area contributed by atoms with Crippen LogP contribution in [0, 0.1) is 5.82 Å². The number of amides is 1. The lowest BCUT2D eigenvalue weighted by atomic mass is 9.92. The third-order valence-electron chi connectivity index (χ3n) is 7.88. The topological polar surface area (TPSA) is 81.2 Å². The zero-order valence-corrected chi connectivity index (χ0v) is 23.5. The first-order chi connectivity index (χ1) is 20.5. The van der Waals surface area contributed by atoms with Crippen LogP contribution in [-0.4, -0.2) is 44.8 Å². The largest absolute Gasteiger partial charge is 0.390 e. The molecule has 5 aromatic rings. The average Bonchev–Trinajstić information content (AvgIpc) is 3.61. The van der Waals surface area contributed by atoms with Crippen molar-refractivity contribution >= 4 is 17.5 Å². The van der Waals surface area contributed by atoms with Crippen molar-refractivity contribution in [2.24, 2.45) is 0 Å². The zero-order chi connectivity index (χ0) is 29.1. The zero-order valence-electron chi connectivity index (χ0n) is 22.7. The van der Waals surface area contributed by atoms with E-state index >= 15 is 0 Å². The molecule has 3 N–H and O–H groups in total. The number of hydrogen-bond acceptors (Lipinski definition) is 4. The molecule has 1 aliphatic heterocycles. The highest BCUT2D eigenvalue weighted by Gasteiger charge is 2.46. The van der Waals surface area contributed by atoms with E-state index in [9.17, 15) is 14.3 Å². The number of likely N-dealkylation sites (tertiary alicyclic amines) is 1. The van der Waals surface area contributed by atoms with Crippen LogP contribution < -0.4 is 5.32 Å². The number of carbonyl (C=O) groups is 1. The first kappa shape index (κ1) is 27.8. The lowest BCUT2D eigenvalue weighted by molar-refractivity contribution is -0.128. The Morgan fingerprint density at radius 2 is 1.64 bits per heavy atom. The second kappa shape index (κ2) is 12.3. The number of aliphatic hydroxyl groups excluding tert-OH is 1. The van der Waals surface area contributed by atoms with E-state index in [0.29, 0.717) is 23.7 Å². The number of nitrogens with zero attached hydrogens (tertiary/aromatic N) is 2. The van der Waals surface area contributed by atoms with Gasteiger partial charge in [-0.3, -0.25) is 14.8 Å². The van der Waals surface area contributed by atoms with Crippen LogP contribution in [0.2, 0.25) is 5.02 Å². The number of nitrogens with one attached hydrogen (secondary N) is 2. The minimum atomic E-state index is -1.06. The lowest BCUT2D eigenvalue weighted by Gasteiger charge is -2.28. The van der Waals surface area contributed by atoms with Gasteiger partial charge in [-0.15, -0.1) is 0 Å². The second-order valence-corrected chi connectivity index (χ2v) is 11.0. The second-order valence-electron chi connectivity index (χ2n) is 10.6. The molecule has 4 aromatic carbocycles. The van der Waals surface area contributed by atoms with Crippen molar-refractivity contribution in [3.8, 4) is 11.3 Å². The molecule has 212 valence electrons. The van der Waals surface area contributed by atoms with Gasteiger partial charge in [0.15, 0.2) is 0 Å². The summed E-state index contributed by atoms with van der Waals surface area (Å²) in [5.41, 5.74) is 5.08. The molecule has 1 amide bonds. The summed E-state index contributed by atoms with van der Waals surface area (Å²) in [6, 6.07) is 31.9. The Bertz CT molecular complexity index is 1610. The van der Waals surface area contributed by atoms with E-state index in [1.54, 1.807) is 18.3 Å². The molecule has 2 heterocycles. The molecule has 1 aromatic heterocycles. The number of carbonyl (C=O) groups excluding carboxylic acids is 1. The lowest BCUT2D eigenvalue weighted by Crippen LogP contribution is -2.49. The SMILES string of the molecule is O=C(NC(c1ccccc1)c1ccccc1)[C@@H]1[C@H](O)[C@@H](c2cccc(F)c2)CN1Cc1cn[nH]c1-c1ccc(Cl)cc1. The van der Waals surface area contributed by atoms with Gasteiger partial charge in [-0.2, -0.15) is 5.10 Å². The number of aromatic nitrogens is 2. The number of hydrogen-bond donors (Lipinski definition) is 3. The summed E-state index contributed by atoms with van der Waals surface area (Å²) in [5, 5.41) is 22.8. The average molecular weight is 581 g/mol. The summed E-state index contributed by atoms with van der Waals surface area (Å²) in [7, 11) is 0. The smallest absolute Gasteiger partial charge is 0.240 e. The van der Waals surface area contributed by atoms with Gasteiger partial charge in [-0.1, -0.05) is 96.5 Å². The van der Waals surface area contributed by atoms with E-state index < -0.39 is 24.1 Å². The van der Waals surface area contributed by atoms with Gasteiger partial charge in [0.2, 0.25) is 5.91 Å². The van der Waals surface area contributed by atoms with Crippen LogP contribution in [0.15, 0.2) is 115 Å². The normalized spacial score (nSPS) is 18.8.